The van der Waals surface area contributed by atoms with Gasteiger partial charge in [0.25, 0.3) is 11.5 Å². The van der Waals surface area contributed by atoms with Crippen LogP contribution in [-0.4, -0.2) is 58.4 Å². The van der Waals surface area contributed by atoms with Gasteiger partial charge in [-0.2, -0.15) is 0 Å². The van der Waals surface area contributed by atoms with Crippen LogP contribution in [0.15, 0.2) is 77.7 Å². The summed E-state index contributed by atoms with van der Waals surface area (Å²) < 4.78 is 0. The summed E-state index contributed by atoms with van der Waals surface area (Å²) in [6.07, 6.45) is 5.64. The van der Waals surface area contributed by atoms with Crippen molar-refractivity contribution in [2.24, 2.45) is 0 Å². The van der Waals surface area contributed by atoms with Crippen molar-refractivity contribution in [1.82, 2.24) is 19.8 Å². The molecule has 2 aromatic carbocycles. The molecule has 6 heteroatoms. The number of carbonyl (C=O) groups is 1. The maximum absolute atomic E-state index is 12.8. The molecule has 1 aliphatic heterocycles. The Labute approximate surface area is 175 Å². The van der Waals surface area contributed by atoms with Gasteiger partial charge in [-0.1, -0.05) is 72.8 Å². The van der Waals surface area contributed by atoms with E-state index in [9.17, 15) is 9.59 Å². The first-order valence-corrected chi connectivity index (χ1v) is 10.1. The van der Waals surface area contributed by atoms with Crippen molar-refractivity contribution >= 4 is 12.0 Å². The first kappa shape index (κ1) is 19.8. The minimum absolute atomic E-state index is 0.0899. The van der Waals surface area contributed by atoms with Gasteiger partial charge in [0.1, 0.15) is 11.4 Å². The average Bonchev–Trinajstić information content (AvgIpc) is 2.80. The highest BCUT2D eigenvalue weighted by molar-refractivity contribution is 5.93. The van der Waals surface area contributed by atoms with Crippen LogP contribution >= 0.6 is 0 Å². The summed E-state index contributed by atoms with van der Waals surface area (Å²) in [5.74, 6) is 0.204. The van der Waals surface area contributed by atoms with Gasteiger partial charge in [-0.3, -0.25) is 14.5 Å². The standard InChI is InChI=1S/C24H24N4O2/c29-23-21(18-25-22(26-23)20-11-5-2-6-12-20)24(30)28-16-14-27(15-17-28)13-7-10-19-8-3-1-4-9-19/h1-12,18H,13-17H2,(H,25,26,29)/b10-7+. The monoisotopic (exact) mass is 400 g/mol. The highest BCUT2D eigenvalue weighted by Crippen LogP contribution is 2.13. The molecule has 0 bridgehead atoms. The zero-order valence-corrected chi connectivity index (χ0v) is 16.7. The van der Waals surface area contributed by atoms with Gasteiger partial charge in [0.15, 0.2) is 0 Å². The van der Waals surface area contributed by atoms with E-state index in [2.05, 4.69) is 39.2 Å². The maximum atomic E-state index is 12.8. The predicted molar refractivity (Wildman–Crippen MR) is 118 cm³/mol. The molecule has 0 unspecified atom stereocenters. The second-order valence-corrected chi connectivity index (χ2v) is 7.25. The SMILES string of the molecule is O=C(c1cnc(-c2ccccc2)[nH]c1=O)N1CCN(C/C=C/c2ccccc2)CC1. The molecule has 2 heterocycles. The number of nitrogens with zero attached hydrogens (tertiary/aromatic N) is 3. The van der Waals surface area contributed by atoms with Crippen LogP contribution < -0.4 is 5.56 Å². The molecule has 0 saturated carbocycles. The number of H-pyrrole nitrogens is 1. The fourth-order valence-corrected chi connectivity index (χ4v) is 3.50. The molecule has 1 saturated heterocycles. The summed E-state index contributed by atoms with van der Waals surface area (Å²) >= 11 is 0. The largest absolute Gasteiger partial charge is 0.336 e. The van der Waals surface area contributed by atoms with Gasteiger partial charge in [-0.15, -0.1) is 0 Å². The Kier molecular flexibility index (Phi) is 6.15. The zero-order valence-electron chi connectivity index (χ0n) is 16.7. The minimum Gasteiger partial charge on any atom is -0.336 e. The number of carbonyl (C=O) groups excluding carboxylic acids is 1. The maximum Gasteiger partial charge on any atom is 0.264 e. The van der Waals surface area contributed by atoms with E-state index in [-0.39, 0.29) is 11.5 Å². The third kappa shape index (κ3) is 4.72. The third-order valence-corrected chi connectivity index (χ3v) is 5.21. The average molecular weight is 400 g/mol. The smallest absolute Gasteiger partial charge is 0.264 e. The number of rotatable bonds is 5. The van der Waals surface area contributed by atoms with Crippen molar-refractivity contribution in [3.63, 3.8) is 0 Å². The Morgan fingerprint density at radius 3 is 2.30 bits per heavy atom. The van der Waals surface area contributed by atoms with Crippen LogP contribution in [0.4, 0.5) is 0 Å². The van der Waals surface area contributed by atoms with E-state index in [0.717, 1.165) is 25.2 Å². The van der Waals surface area contributed by atoms with Crippen LogP contribution in [0.25, 0.3) is 17.5 Å². The highest BCUT2D eigenvalue weighted by Gasteiger charge is 2.24. The van der Waals surface area contributed by atoms with Crippen LogP contribution in [-0.2, 0) is 0 Å². The summed E-state index contributed by atoms with van der Waals surface area (Å²) in [6.45, 7) is 3.58. The lowest BCUT2D eigenvalue weighted by Gasteiger charge is -2.34. The van der Waals surface area contributed by atoms with E-state index in [1.165, 1.54) is 11.8 Å². The molecule has 3 aromatic rings. The van der Waals surface area contributed by atoms with Gasteiger partial charge in [0.2, 0.25) is 0 Å². The molecule has 0 aliphatic carbocycles. The van der Waals surface area contributed by atoms with E-state index >= 15 is 0 Å². The van der Waals surface area contributed by atoms with Gasteiger partial charge in [0, 0.05) is 44.5 Å². The molecule has 1 fully saturated rings. The molecule has 1 aliphatic rings. The second-order valence-electron chi connectivity index (χ2n) is 7.25. The van der Waals surface area contributed by atoms with Crippen LogP contribution in [0, 0.1) is 0 Å². The first-order chi connectivity index (χ1) is 14.7. The van der Waals surface area contributed by atoms with E-state index in [1.54, 1.807) is 4.90 Å². The Bertz CT molecular complexity index is 1070. The number of nitrogens with one attached hydrogen (secondary N) is 1. The van der Waals surface area contributed by atoms with Crippen molar-refractivity contribution < 1.29 is 4.79 Å². The van der Waals surface area contributed by atoms with Gasteiger partial charge in [0.05, 0.1) is 0 Å². The molecule has 0 radical (unpaired) electrons. The molecule has 1 amide bonds. The molecular weight excluding hydrogens is 376 g/mol. The van der Waals surface area contributed by atoms with Gasteiger partial charge in [-0.05, 0) is 5.56 Å². The molecule has 1 aromatic heterocycles. The van der Waals surface area contributed by atoms with Gasteiger partial charge < -0.3 is 9.88 Å². The second kappa shape index (κ2) is 9.33. The van der Waals surface area contributed by atoms with Crippen LogP contribution in [0.5, 0.6) is 0 Å². The molecule has 1 N–H and O–H groups in total. The summed E-state index contributed by atoms with van der Waals surface area (Å²) in [6, 6.07) is 19.6. The van der Waals surface area contributed by atoms with Crippen molar-refractivity contribution in [2.75, 3.05) is 32.7 Å². The first-order valence-electron chi connectivity index (χ1n) is 10.1. The number of hydrogen-bond acceptors (Lipinski definition) is 4. The summed E-state index contributed by atoms with van der Waals surface area (Å²) in [4.78, 5) is 36.3. The van der Waals surface area contributed by atoms with Crippen LogP contribution in [0.3, 0.4) is 0 Å². The summed E-state index contributed by atoms with van der Waals surface area (Å²) in [7, 11) is 0. The van der Waals surface area contributed by atoms with E-state index in [1.807, 2.05) is 48.5 Å². The number of amides is 1. The summed E-state index contributed by atoms with van der Waals surface area (Å²) in [5, 5.41) is 0. The molecule has 6 nitrogen and oxygen atoms in total. The molecular formula is C24H24N4O2. The minimum atomic E-state index is -0.401. The zero-order chi connectivity index (χ0) is 20.8. The number of aromatic amines is 1. The highest BCUT2D eigenvalue weighted by atomic mass is 16.2. The molecule has 0 spiro atoms. The molecule has 30 heavy (non-hydrogen) atoms. The van der Waals surface area contributed by atoms with E-state index < -0.39 is 5.56 Å². The van der Waals surface area contributed by atoms with Gasteiger partial charge >= 0.3 is 0 Å². The Morgan fingerprint density at radius 2 is 1.63 bits per heavy atom. The molecule has 152 valence electrons. The lowest BCUT2D eigenvalue weighted by atomic mass is 10.2. The summed E-state index contributed by atoms with van der Waals surface area (Å²) in [5.41, 5.74) is 1.68. The Balaban J connectivity index is 1.34. The lowest BCUT2D eigenvalue weighted by molar-refractivity contribution is 0.0648. The van der Waals surface area contributed by atoms with E-state index in [0.29, 0.717) is 18.9 Å². The van der Waals surface area contributed by atoms with Crippen molar-refractivity contribution in [3.8, 4) is 11.4 Å². The van der Waals surface area contributed by atoms with Gasteiger partial charge in [-0.25, -0.2) is 4.98 Å². The number of hydrogen-bond donors (Lipinski definition) is 1. The quantitative estimate of drug-likeness (QED) is 0.715. The fraction of sp³-hybridized carbons (Fsp3) is 0.208. The van der Waals surface area contributed by atoms with Crippen LogP contribution in [0.2, 0.25) is 0 Å². The van der Waals surface area contributed by atoms with Crippen molar-refractivity contribution in [1.29, 1.82) is 0 Å². The number of benzene rings is 2. The van der Waals surface area contributed by atoms with E-state index in [4.69, 9.17) is 0 Å². The van der Waals surface area contributed by atoms with Crippen LogP contribution in [0.1, 0.15) is 15.9 Å². The number of piperazine rings is 1. The Morgan fingerprint density at radius 1 is 0.967 bits per heavy atom. The predicted octanol–water partition coefficient (Wildman–Crippen LogP) is 2.91. The fourth-order valence-electron chi connectivity index (χ4n) is 3.50. The van der Waals surface area contributed by atoms with Crippen molar-refractivity contribution in [2.45, 2.75) is 0 Å². The lowest BCUT2D eigenvalue weighted by Crippen LogP contribution is -2.49. The number of aromatic nitrogens is 2. The molecule has 0 atom stereocenters. The third-order valence-electron chi connectivity index (χ3n) is 5.21. The Hall–Kier alpha value is -3.51. The normalized spacial score (nSPS) is 14.9. The molecule has 4 rings (SSSR count). The topological polar surface area (TPSA) is 69.3 Å². The van der Waals surface area contributed by atoms with Crippen molar-refractivity contribution in [3.05, 3.63) is 94.4 Å².